The number of hydrogen-bond acceptors (Lipinski definition) is 7. The molecular weight excluding hydrogens is 605 g/mol. The third-order valence-electron chi connectivity index (χ3n) is 8.03. The second-order valence-corrected chi connectivity index (χ2v) is 12.2. The number of rotatable bonds is 6. The normalized spacial score (nSPS) is 18.0. The first-order valence-corrected chi connectivity index (χ1v) is 14.3. The molecule has 5 rings (SSSR count). The van der Waals surface area contributed by atoms with Gasteiger partial charge in [-0.15, -0.1) is 0 Å². The summed E-state index contributed by atoms with van der Waals surface area (Å²) in [6.45, 7) is 10.5. The molecule has 2 amide bonds. The van der Waals surface area contributed by atoms with E-state index in [-0.39, 0.29) is 46.3 Å². The summed E-state index contributed by atoms with van der Waals surface area (Å²) in [7, 11) is 0. The van der Waals surface area contributed by atoms with Gasteiger partial charge in [-0.1, -0.05) is 19.9 Å². The van der Waals surface area contributed by atoms with Crippen molar-refractivity contribution in [2.45, 2.75) is 66.6 Å². The molecule has 1 aliphatic rings. The zero-order valence-corrected chi connectivity index (χ0v) is 25.8. The van der Waals surface area contributed by atoms with Crippen LogP contribution in [0.3, 0.4) is 0 Å². The molecule has 4 aromatic rings. The molecule has 0 bridgehead atoms. The maximum atomic E-state index is 15.7. The predicted octanol–water partition coefficient (Wildman–Crippen LogP) is 5.26. The first-order chi connectivity index (χ1) is 19.8. The molecule has 1 aliphatic heterocycles. The fraction of sp³-hybridized carbons (Fsp3) is 0.367. The topological polar surface area (TPSA) is 123 Å². The highest BCUT2D eigenvalue weighted by Gasteiger charge is 2.49. The van der Waals surface area contributed by atoms with E-state index >= 15 is 4.39 Å². The van der Waals surface area contributed by atoms with Gasteiger partial charge in [0.15, 0.2) is 5.78 Å². The lowest BCUT2D eigenvalue weighted by Gasteiger charge is -2.31. The minimum Gasteiger partial charge on any atom is -0.326 e. The van der Waals surface area contributed by atoms with Gasteiger partial charge in [-0.05, 0) is 77.9 Å². The Kier molecular flexibility index (Phi) is 7.69. The maximum Gasteiger partial charge on any atom is 0.248 e. The number of anilines is 1. The van der Waals surface area contributed by atoms with Crippen LogP contribution in [0.5, 0.6) is 0 Å². The van der Waals surface area contributed by atoms with Gasteiger partial charge in [-0.2, -0.15) is 5.10 Å². The number of halogens is 2. The second kappa shape index (κ2) is 11.0. The first-order valence-electron chi connectivity index (χ1n) is 13.5. The molecule has 1 aromatic carbocycles. The van der Waals surface area contributed by atoms with E-state index < -0.39 is 17.8 Å². The van der Waals surface area contributed by atoms with Crippen LogP contribution in [0.4, 0.5) is 10.2 Å². The zero-order chi connectivity index (χ0) is 30.5. The number of aryl methyl sites for hydroxylation is 2. The number of hydrogen-bond donors (Lipinski definition) is 1. The smallest absolute Gasteiger partial charge is 0.248 e. The van der Waals surface area contributed by atoms with Crippen molar-refractivity contribution in [2.24, 2.45) is 5.41 Å². The Morgan fingerprint density at radius 1 is 1.12 bits per heavy atom. The molecule has 10 nitrogen and oxygen atoms in total. The van der Waals surface area contributed by atoms with E-state index in [0.29, 0.717) is 33.8 Å². The molecule has 12 heteroatoms. The van der Waals surface area contributed by atoms with E-state index in [1.165, 1.54) is 17.7 Å². The van der Waals surface area contributed by atoms with Gasteiger partial charge in [-0.3, -0.25) is 19.1 Å². The molecule has 0 spiro atoms. The molecule has 0 unspecified atom stereocenters. The lowest BCUT2D eigenvalue weighted by molar-refractivity contribution is -0.139. The second-order valence-electron chi connectivity index (χ2n) is 11.4. The summed E-state index contributed by atoms with van der Waals surface area (Å²) in [6.07, 6.45) is 3.59. The highest BCUT2D eigenvalue weighted by atomic mass is 79.9. The Bertz CT molecular complexity index is 1740. The van der Waals surface area contributed by atoms with Gasteiger partial charge in [0, 0.05) is 36.3 Å². The van der Waals surface area contributed by atoms with Crippen molar-refractivity contribution < 1.29 is 18.8 Å². The third kappa shape index (κ3) is 5.42. The summed E-state index contributed by atoms with van der Waals surface area (Å²) in [5, 5.41) is 7.52. The van der Waals surface area contributed by atoms with Crippen molar-refractivity contribution in [3.63, 3.8) is 0 Å². The largest absolute Gasteiger partial charge is 0.326 e. The number of benzene rings is 1. The standard InChI is InChI=1S/C30H31BrFN7O3/c1-15-7-8-24(31)35-28(15)36-29(42)23-11-30(5,6)17(3)39(23)25(41)14-38-27-21(26(37-38)16(2)40)9-19(10-22(27)32)20-12-33-18(4)34-13-20/h7-10,12-13,17,23H,11,14H2,1-6H3,(H,35,36,42)/t17-,23+/m1/s1. The van der Waals surface area contributed by atoms with E-state index in [1.54, 1.807) is 36.4 Å². The van der Waals surface area contributed by atoms with E-state index in [9.17, 15) is 14.4 Å². The van der Waals surface area contributed by atoms with Crippen LogP contribution in [-0.2, 0) is 16.1 Å². The quantitative estimate of drug-likeness (QED) is 0.226. The molecule has 3 aromatic heterocycles. The lowest BCUT2D eigenvalue weighted by Crippen LogP contribution is -2.48. The van der Waals surface area contributed by atoms with Crippen LogP contribution in [0.1, 0.15) is 56.0 Å². The number of pyridine rings is 1. The number of amides is 2. The average Bonchev–Trinajstić information content (AvgIpc) is 3.41. The van der Waals surface area contributed by atoms with Gasteiger partial charge in [0.2, 0.25) is 11.8 Å². The van der Waals surface area contributed by atoms with Crippen LogP contribution >= 0.6 is 15.9 Å². The molecule has 0 aliphatic carbocycles. The molecule has 1 saturated heterocycles. The van der Waals surface area contributed by atoms with E-state index in [4.69, 9.17) is 0 Å². The first kappa shape index (κ1) is 29.4. The van der Waals surface area contributed by atoms with Crippen molar-refractivity contribution >= 4 is 50.2 Å². The van der Waals surface area contributed by atoms with Crippen molar-refractivity contribution in [1.29, 1.82) is 0 Å². The Labute approximate surface area is 250 Å². The molecule has 0 saturated carbocycles. The van der Waals surface area contributed by atoms with E-state index in [0.717, 1.165) is 5.56 Å². The van der Waals surface area contributed by atoms with Crippen LogP contribution < -0.4 is 5.32 Å². The molecule has 0 radical (unpaired) electrons. The Morgan fingerprint density at radius 3 is 2.48 bits per heavy atom. The summed E-state index contributed by atoms with van der Waals surface area (Å²) in [5.74, 6) is -0.808. The number of fused-ring (bicyclic) bond motifs is 1. The number of nitrogens with zero attached hydrogens (tertiary/aromatic N) is 6. The molecule has 2 atom stereocenters. The fourth-order valence-corrected chi connectivity index (χ4v) is 5.72. The van der Waals surface area contributed by atoms with E-state index in [2.05, 4.69) is 41.3 Å². The van der Waals surface area contributed by atoms with Gasteiger partial charge in [-0.25, -0.2) is 19.3 Å². The highest BCUT2D eigenvalue weighted by molar-refractivity contribution is 9.10. The molecule has 1 N–H and O–H groups in total. The third-order valence-corrected chi connectivity index (χ3v) is 8.47. The Hall–Kier alpha value is -4.06. The molecule has 42 heavy (non-hydrogen) atoms. The minimum atomic E-state index is -0.783. The number of aromatic nitrogens is 5. The van der Waals surface area contributed by atoms with Crippen molar-refractivity contribution in [2.75, 3.05) is 5.32 Å². The van der Waals surface area contributed by atoms with Crippen LogP contribution in [0.15, 0.2) is 41.3 Å². The molecule has 218 valence electrons. The SMILES string of the molecule is CC(=O)c1nn(CC(=O)N2[C@H](C(=O)Nc3nc(Br)ccc3C)CC(C)(C)[C@H]2C)c2c(F)cc(-c3cnc(C)nc3)cc12. The van der Waals surface area contributed by atoms with Crippen LogP contribution in [0.2, 0.25) is 0 Å². The highest BCUT2D eigenvalue weighted by Crippen LogP contribution is 2.41. The number of likely N-dealkylation sites (tertiary alicyclic amines) is 1. The van der Waals surface area contributed by atoms with Gasteiger partial charge < -0.3 is 10.2 Å². The minimum absolute atomic E-state index is 0.0337. The van der Waals surface area contributed by atoms with Crippen molar-refractivity contribution in [3.8, 4) is 11.1 Å². The summed E-state index contributed by atoms with van der Waals surface area (Å²) >= 11 is 3.33. The van der Waals surface area contributed by atoms with Crippen LogP contribution in [-0.4, -0.2) is 59.3 Å². The number of nitrogens with one attached hydrogen (secondary N) is 1. The van der Waals surface area contributed by atoms with Gasteiger partial charge in [0.05, 0.1) is 0 Å². The number of carbonyl (C=O) groups is 3. The van der Waals surface area contributed by atoms with Gasteiger partial charge in [0.25, 0.3) is 0 Å². The Balaban J connectivity index is 1.49. The summed E-state index contributed by atoms with van der Waals surface area (Å²) in [4.78, 5) is 54.2. The summed E-state index contributed by atoms with van der Waals surface area (Å²) in [5.41, 5.74) is 1.55. The predicted molar refractivity (Wildman–Crippen MR) is 159 cm³/mol. The van der Waals surface area contributed by atoms with Gasteiger partial charge >= 0.3 is 0 Å². The van der Waals surface area contributed by atoms with Crippen LogP contribution in [0, 0.1) is 25.1 Å². The monoisotopic (exact) mass is 635 g/mol. The number of carbonyl (C=O) groups excluding carboxylic acids is 3. The van der Waals surface area contributed by atoms with Crippen molar-refractivity contribution in [1.82, 2.24) is 29.6 Å². The van der Waals surface area contributed by atoms with E-state index in [1.807, 2.05) is 33.8 Å². The number of Topliss-reactive ketones (excluding diaryl/α,β-unsaturated/α-hetero) is 1. The summed E-state index contributed by atoms with van der Waals surface area (Å²) < 4.78 is 17.5. The Morgan fingerprint density at radius 2 is 1.81 bits per heavy atom. The molecule has 1 fully saturated rings. The lowest BCUT2D eigenvalue weighted by atomic mass is 9.84. The maximum absolute atomic E-state index is 15.7. The van der Waals surface area contributed by atoms with Crippen molar-refractivity contribution in [3.05, 3.63) is 64.2 Å². The zero-order valence-electron chi connectivity index (χ0n) is 24.2. The van der Waals surface area contributed by atoms with Gasteiger partial charge in [0.1, 0.15) is 45.9 Å². The molecule has 4 heterocycles. The summed E-state index contributed by atoms with van der Waals surface area (Å²) in [6, 6.07) is 5.50. The molecular formula is C30H31BrFN7O3. The van der Waals surface area contributed by atoms with Crippen LogP contribution in [0.25, 0.3) is 22.0 Å². The average molecular weight is 637 g/mol. The fourth-order valence-electron chi connectivity index (χ4n) is 5.41. The number of ketones is 1.